The fraction of sp³-hybridized carbons (Fsp3) is 0.263. The maximum Gasteiger partial charge on any atom is 0.220 e. The van der Waals surface area contributed by atoms with Crippen LogP contribution in [-0.2, 0) is 11.2 Å². The highest BCUT2D eigenvalue weighted by atomic mass is 16.1. The van der Waals surface area contributed by atoms with Crippen molar-refractivity contribution in [1.29, 1.82) is 0 Å². The van der Waals surface area contributed by atoms with E-state index in [2.05, 4.69) is 28.3 Å². The van der Waals surface area contributed by atoms with Gasteiger partial charge in [0.25, 0.3) is 0 Å². The van der Waals surface area contributed by atoms with Crippen molar-refractivity contribution in [3.05, 3.63) is 54.1 Å². The third-order valence-electron chi connectivity index (χ3n) is 3.81. The van der Waals surface area contributed by atoms with Crippen LogP contribution < -0.4 is 5.32 Å². The number of hydrogen-bond donors (Lipinski definition) is 2. The number of aromatic nitrogens is 2. The number of hydrogen-bond acceptors (Lipinski definition) is 2. The van der Waals surface area contributed by atoms with Crippen molar-refractivity contribution in [2.75, 3.05) is 6.54 Å². The van der Waals surface area contributed by atoms with Crippen LogP contribution in [0.25, 0.3) is 22.4 Å². The number of aryl methyl sites for hydroxylation is 1. The van der Waals surface area contributed by atoms with E-state index >= 15 is 0 Å². The molecule has 2 aromatic carbocycles. The van der Waals surface area contributed by atoms with Crippen molar-refractivity contribution in [2.45, 2.75) is 26.2 Å². The minimum atomic E-state index is 0.113. The molecule has 4 nitrogen and oxygen atoms in total. The Morgan fingerprint density at radius 1 is 1.17 bits per heavy atom. The smallest absolute Gasteiger partial charge is 0.220 e. The maximum absolute atomic E-state index is 11.7. The summed E-state index contributed by atoms with van der Waals surface area (Å²) in [6.07, 6.45) is 2.23. The molecule has 0 unspecified atom stereocenters. The van der Waals surface area contributed by atoms with E-state index in [1.807, 2.05) is 42.5 Å². The Morgan fingerprint density at radius 2 is 2.00 bits per heavy atom. The molecule has 0 aliphatic heterocycles. The number of benzene rings is 2. The maximum atomic E-state index is 11.7. The van der Waals surface area contributed by atoms with Crippen LogP contribution in [0.2, 0.25) is 0 Å². The van der Waals surface area contributed by atoms with Crippen LogP contribution in [0.4, 0.5) is 0 Å². The number of H-pyrrole nitrogens is 1. The zero-order valence-electron chi connectivity index (χ0n) is 13.3. The number of rotatable bonds is 6. The second kappa shape index (κ2) is 7.09. The van der Waals surface area contributed by atoms with Gasteiger partial charge >= 0.3 is 0 Å². The van der Waals surface area contributed by atoms with Gasteiger partial charge in [0.2, 0.25) is 5.91 Å². The standard InChI is InChI=1S/C19H21N3O/c1-2-12-20-18(23)11-9-14-8-10-16-17(13-14)22-19(21-16)15-6-4-3-5-7-15/h3-8,10,13H,2,9,11-12H2,1H3,(H,20,23)(H,21,22). The number of amides is 1. The highest BCUT2D eigenvalue weighted by Gasteiger charge is 2.07. The molecule has 0 atom stereocenters. The van der Waals surface area contributed by atoms with Crippen LogP contribution in [0, 0.1) is 0 Å². The van der Waals surface area contributed by atoms with Gasteiger partial charge in [-0.05, 0) is 30.5 Å². The van der Waals surface area contributed by atoms with Crippen LogP contribution in [-0.4, -0.2) is 22.4 Å². The summed E-state index contributed by atoms with van der Waals surface area (Å²) in [7, 11) is 0. The molecule has 3 aromatic rings. The molecule has 3 rings (SSSR count). The average Bonchev–Trinajstić information content (AvgIpc) is 3.02. The Labute approximate surface area is 136 Å². The lowest BCUT2D eigenvalue weighted by atomic mass is 10.1. The number of carbonyl (C=O) groups is 1. The van der Waals surface area contributed by atoms with Gasteiger partial charge in [-0.25, -0.2) is 4.98 Å². The first kappa shape index (κ1) is 15.3. The van der Waals surface area contributed by atoms with Gasteiger partial charge in [0.1, 0.15) is 5.82 Å². The Kier molecular flexibility index (Phi) is 4.71. The summed E-state index contributed by atoms with van der Waals surface area (Å²) in [6, 6.07) is 16.2. The molecule has 0 saturated heterocycles. The molecule has 0 radical (unpaired) electrons. The summed E-state index contributed by atoms with van der Waals surface area (Å²) in [6.45, 7) is 2.80. The van der Waals surface area contributed by atoms with Crippen LogP contribution >= 0.6 is 0 Å². The summed E-state index contributed by atoms with van der Waals surface area (Å²) in [4.78, 5) is 19.7. The first-order chi connectivity index (χ1) is 11.3. The second-order valence-electron chi connectivity index (χ2n) is 5.65. The van der Waals surface area contributed by atoms with Crippen LogP contribution in [0.5, 0.6) is 0 Å². The highest BCUT2D eigenvalue weighted by molar-refractivity contribution is 5.80. The third-order valence-corrected chi connectivity index (χ3v) is 3.81. The third kappa shape index (κ3) is 3.77. The number of nitrogens with zero attached hydrogens (tertiary/aromatic N) is 1. The van der Waals surface area contributed by atoms with Crippen molar-refractivity contribution < 1.29 is 4.79 Å². The van der Waals surface area contributed by atoms with Gasteiger partial charge in [-0.15, -0.1) is 0 Å². The van der Waals surface area contributed by atoms with E-state index < -0.39 is 0 Å². The average molecular weight is 307 g/mol. The number of aromatic amines is 1. The zero-order chi connectivity index (χ0) is 16.1. The highest BCUT2D eigenvalue weighted by Crippen LogP contribution is 2.21. The number of fused-ring (bicyclic) bond motifs is 1. The van der Waals surface area contributed by atoms with E-state index in [1.165, 1.54) is 0 Å². The van der Waals surface area contributed by atoms with E-state index in [9.17, 15) is 4.79 Å². The minimum Gasteiger partial charge on any atom is -0.356 e. The first-order valence-electron chi connectivity index (χ1n) is 8.07. The molecule has 1 aromatic heterocycles. The van der Waals surface area contributed by atoms with Gasteiger partial charge in [-0.2, -0.15) is 0 Å². The molecule has 0 aliphatic carbocycles. The minimum absolute atomic E-state index is 0.113. The molecule has 0 fully saturated rings. The van der Waals surface area contributed by atoms with Crippen molar-refractivity contribution in [3.63, 3.8) is 0 Å². The summed E-state index contributed by atoms with van der Waals surface area (Å²) in [5.74, 6) is 0.986. The topological polar surface area (TPSA) is 57.8 Å². The molecule has 118 valence electrons. The Hall–Kier alpha value is -2.62. The largest absolute Gasteiger partial charge is 0.356 e. The molecular weight excluding hydrogens is 286 g/mol. The van der Waals surface area contributed by atoms with E-state index in [1.54, 1.807) is 0 Å². The predicted octanol–water partition coefficient (Wildman–Crippen LogP) is 3.69. The summed E-state index contributed by atoms with van der Waals surface area (Å²) in [5, 5.41) is 2.91. The predicted molar refractivity (Wildman–Crippen MR) is 93.2 cm³/mol. The normalized spacial score (nSPS) is 10.8. The van der Waals surface area contributed by atoms with E-state index in [0.29, 0.717) is 6.42 Å². The molecule has 23 heavy (non-hydrogen) atoms. The lowest BCUT2D eigenvalue weighted by molar-refractivity contribution is -0.121. The second-order valence-corrected chi connectivity index (χ2v) is 5.65. The fourth-order valence-corrected chi connectivity index (χ4v) is 2.56. The van der Waals surface area contributed by atoms with E-state index in [0.717, 1.165) is 47.4 Å². The molecular formula is C19H21N3O. The number of nitrogens with one attached hydrogen (secondary N) is 2. The van der Waals surface area contributed by atoms with Gasteiger partial charge in [0, 0.05) is 18.5 Å². The fourth-order valence-electron chi connectivity index (χ4n) is 2.56. The van der Waals surface area contributed by atoms with Gasteiger partial charge in [0.05, 0.1) is 11.0 Å². The lowest BCUT2D eigenvalue weighted by Crippen LogP contribution is -2.24. The summed E-state index contributed by atoms with van der Waals surface area (Å²) in [5.41, 5.74) is 4.18. The van der Waals surface area contributed by atoms with Gasteiger partial charge in [-0.3, -0.25) is 4.79 Å². The van der Waals surface area contributed by atoms with E-state index in [4.69, 9.17) is 0 Å². The Balaban J connectivity index is 1.73. The van der Waals surface area contributed by atoms with Crippen molar-refractivity contribution in [1.82, 2.24) is 15.3 Å². The van der Waals surface area contributed by atoms with Gasteiger partial charge < -0.3 is 10.3 Å². The van der Waals surface area contributed by atoms with Crippen molar-refractivity contribution in [3.8, 4) is 11.4 Å². The Morgan fingerprint density at radius 3 is 2.78 bits per heavy atom. The molecule has 0 spiro atoms. The molecule has 2 N–H and O–H groups in total. The molecule has 0 aliphatic rings. The summed E-state index contributed by atoms with van der Waals surface area (Å²) >= 11 is 0. The van der Waals surface area contributed by atoms with Gasteiger partial charge in [-0.1, -0.05) is 43.3 Å². The SMILES string of the molecule is CCCNC(=O)CCc1ccc2nc(-c3ccccc3)[nH]c2c1. The molecule has 0 saturated carbocycles. The lowest BCUT2D eigenvalue weighted by Gasteiger charge is -2.03. The number of carbonyl (C=O) groups excluding carboxylic acids is 1. The van der Waals surface area contributed by atoms with Crippen LogP contribution in [0.15, 0.2) is 48.5 Å². The molecule has 1 heterocycles. The van der Waals surface area contributed by atoms with Crippen molar-refractivity contribution >= 4 is 16.9 Å². The monoisotopic (exact) mass is 307 g/mol. The van der Waals surface area contributed by atoms with E-state index in [-0.39, 0.29) is 5.91 Å². The number of imidazole rings is 1. The zero-order valence-corrected chi connectivity index (χ0v) is 13.3. The first-order valence-corrected chi connectivity index (χ1v) is 8.07. The molecule has 1 amide bonds. The van der Waals surface area contributed by atoms with Crippen LogP contribution in [0.3, 0.4) is 0 Å². The van der Waals surface area contributed by atoms with Crippen molar-refractivity contribution in [2.24, 2.45) is 0 Å². The quantitative estimate of drug-likeness (QED) is 0.729. The summed E-state index contributed by atoms with van der Waals surface area (Å²) < 4.78 is 0. The molecule has 0 bridgehead atoms. The Bertz CT molecular complexity index is 793. The van der Waals surface area contributed by atoms with Gasteiger partial charge in [0.15, 0.2) is 0 Å². The molecule has 4 heteroatoms. The van der Waals surface area contributed by atoms with Crippen LogP contribution in [0.1, 0.15) is 25.3 Å².